The molecule has 1 atom stereocenters. The number of fused-ring (bicyclic) bond motifs is 1. The van der Waals surface area contributed by atoms with Gasteiger partial charge in [-0.2, -0.15) is 11.8 Å². The zero-order valence-electron chi connectivity index (χ0n) is 21.2. The maximum atomic E-state index is 14.9. The van der Waals surface area contributed by atoms with Gasteiger partial charge in [0, 0.05) is 55.4 Å². The van der Waals surface area contributed by atoms with E-state index in [4.69, 9.17) is 9.47 Å². The average Bonchev–Trinajstić information content (AvgIpc) is 2.92. The number of carbonyl (C=O) groups is 2. The number of benzene rings is 2. The molecule has 8 nitrogen and oxygen atoms in total. The van der Waals surface area contributed by atoms with Crippen molar-refractivity contribution in [3.63, 3.8) is 0 Å². The van der Waals surface area contributed by atoms with Crippen LogP contribution in [0.3, 0.4) is 0 Å². The first-order valence-electron chi connectivity index (χ1n) is 12.0. The first-order chi connectivity index (χ1) is 17.9. The van der Waals surface area contributed by atoms with Gasteiger partial charge in [-0.3, -0.25) is 14.6 Å². The Hall–Kier alpha value is -3.37. The molecule has 2 heterocycles. The summed E-state index contributed by atoms with van der Waals surface area (Å²) in [5, 5.41) is 3.69. The highest BCUT2D eigenvalue weighted by Crippen LogP contribution is 2.27. The van der Waals surface area contributed by atoms with E-state index in [-0.39, 0.29) is 24.8 Å². The number of nitrogens with one attached hydrogen (secondary N) is 1. The van der Waals surface area contributed by atoms with E-state index in [1.165, 1.54) is 18.1 Å². The van der Waals surface area contributed by atoms with Crippen molar-refractivity contribution >= 4 is 46.4 Å². The van der Waals surface area contributed by atoms with Crippen LogP contribution >= 0.6 is 11.8 Å². The molecule has 0 unspecified atom stereocenters. The van der Waals surface area contributed by atoms with E-state index >= 15 is 0 Å². The molecule has 1 aliphatic rings. The molecule has 1 fully saturated rings. The number of amides is 2. The zero-order valence-corrected chi connectivity index (χ0v) is 22.0. The molecule has 0 spiro atoms. The highest BCUT2D eigenvalue weighted by atomic mass is 32.2. The second kappa shape index (κ2) is 12.2. The van der Waals surface area contributed by atoms with Crippen molar-refractivity contribution in [2.24, 2.45) is 0 Å². The van der Waals surface area contributed by atoms with Crippen molar-refractivity contribution in [1.82, 2.24) is 10.3 Å². The molecule has 1 aromatic heterocycles. The summed E-state index contributed by atoms with van der Waals surface area (Å²) < 4.78 is 25.7. The topological polar surface area (TPSA) is 84.0 Å². The third-order valence-electron chi connectivity index (χ3n) is 6.43. The summed E-state index contributed by atoms with van der Waals surface area (Å²) in [6, 6.07) is 12.1. The van der Waals surface area contributed by atoms with Gasteiger partial charge in [-0.05, 0) is 43.3 Å². The second-order valence-corrected chi connectivity index (χ2v) is 9.97. The summed E-state index contributed by atoms with van der Waals surface area (Å²) in [5.74, 6) is 1.96. The Labute approximate surface area is 220 Å². The largest absolute Gasteiger partial charge is 0.497 e. The molecule has 4 rings (SSSR count). The number of carbonyl (C=O) groups excluding carboxylic acids is 2. The van der Waals surface area contributed by atoms with Crippen LogP contribution in [0.2, 0.25) is 0 Å². The van der Waals surface area contributed by atoms with Crippen molar-refractivity contribution in [2.45, 2.75) is 13.0 Å². The van der Waals surface area contributed by atoms with Gasteiger partial charge in [-0.25, -0.2) is 4.39 Å². The van der Waals surface area contributed by atoms with Crippen LogP contribution in [0.25, 0.3) is 10.9 Å². The number of ether oxygens (including phenoxy) is 2. The van der Waals surface area contributed by atoms with Crippen LogP contribution in [-0.4, -0.2) is 75.3 Å². The lowest BCUT2D eigenvalue weighted by Gasteiger charge is -2.29. The number of aromatic nitrogens is 1. The van der Waals surface area contributed by atoms with E-state index in [0.717, 1.165) is 35.5 Å². The Bertz CT molecular complexity index is 1270. The molecular weight excluding hydrogens is 495 g/mol. The van der Waals surface area contributed by atoms with Crippen LogP contribution in [0.4, 0.5) is 15.8 Å². The van der Waals surface area contributed by atoms with Crippen LogP contribution in [0.1, 0.15) is 16.1 Å². The molecule has 0 bridgehead atoms. The predicted molar refractivity (Wildman–Crippen MR) is 146 cm³/mol. The number of thioether (sulfide) groups is 1. The lowest BCUT2D eigenvalue weighted by atomic mass is 10.1. The highest BCUT2D eigenvalue weighted by Gasteiger charge is 2.20. The van der Waals surface area contributed by atoms with Gasteiger partial charge in [0.2, 0.25) is 6.41 Å². The number of hydrogen-bond donors (Lipinski definition) is 1. The Kier molecular flexibility index (Phi) is 8.83. The predicted octanol–water partition coefficient (Wildman–Crippen LogP) is 3.65. The standard InChI is InChI=1S/C27H31FN4O4S/c1-18-23(12-19-4-6-21(35-2)14-25(19)30-18)27(34)29-15-22(36-3)16-32(17-33)20-5-7-26(24(28)13-20)31-8-10-37-11-9-31/h4-7,12-14,17,22H,8-11,15-16H2,1-3H3,(H,29,34)/t22-/m0/s1. The lowest BCUT2D eigenvalue weighted by molar-refractivity contribution is -0.107. The third-order valence-corrected chi connectivity index (χ3v) is 7.37. The minimum absolute atomic E-state index is 0.147. The Balaban J connectivity index is 1.41. The lowest BCUT2D eigenvalue weighted by Crippen LogP contribution is -2.41. The molecule has 1 aliphatic heterocycles. The molecule has 3 aromatic rings. The highest BCUT2D eigenvalue weighted by molar-refractivity contribution is 7.99. The van der Waals surface area contributed by atoms with Gasteiger partial charge in [0.25, 0.3) is 5.91 Å². The smallest absolute Gasteiger partial charge is 0.253 e. The Morgan fingerprint density at radius 3 is 2.68 bits per heavy atom. The number of aryl methyl sites for hydroxylation is 1. The summed E-state index contributed by atoms with van der Waals surface area (Å²) >= 11 is 1.86. The number of halogens is 1. The van der Waals surface area contributed by atoms with Crippen LogP contribution in [0.15, 0.2) is 42.5 Å². The van der Waals surface area contributed by atoms with Crippen molar-refractivity contribution < 1.29 is 23.5 Å². The SMILES string of the molecule is COc1ccc2cc(C(=O)NC[C@@H](CN(C=O)c3ccc(N4CCSCC4)c(F)c3)OC)c(C)nc2c1. The first-order valence-corrected chi connectivity index (χ1v) is 13.2. The van der Waals surface area contributed by atoms with Gasteiger partial charge in [0.05, 0.1) is 42.2 Å². The minimum Gasteiger partial charge on any atom is -0.497 e. The fourth-order valence-electron chi connectivity index (χ4n) is 4.29. The molecule has 10 heteroatoms. The Morgan fingerprint density at radius 2 is 2.00 bits per heavy atom. The summed E-state index contributed by atoms with van der Waals surface area (Å²) in [7, 11) is 3.10. The number of nitrogens with zero attached hydrogens (tertiary/aromatic N) is 3. The number of hydrogen-bond acceptors (Lipinski definition) is 7. The second-order valence-electron chi connectivity index (χ2n) is 8.74. The van der Waals surface area contributed by atoms with Crippen LogP contribution in [0.5, 0.6) is 5.75 Å². The van der Waals surface area contributed by atoms with E-state index in [9.17, 15) is 14.0 Å². The van der Waals surface area contributed by atoms with Gasteiger partial charge >= 0.3 is 0 Å². The quantitative estimate of drug-likeness (QED) is 0.404. The van der Waals surface area contributed by atoms with Gasteiger partial charge in [0.15, 0.2) is 0 Å². The number of anilines is 2. The normalized spacial score (nSPS) is 14.3. The van der Waals surface area contributed by atoms with Crippen LogP contribution in [-0.2, 0) is 9.53 Å². The van der Waals surface area contributed by atoms with Gasteiger partial charge in [-0.15, -0.1) is 0 Å². The maximum absolute atomic E-state index is 14.9. The number of pyridine rings is 1. The minimum atomic E-state index is -0.506. The van der Waals surface area contributed by atoms with E-state index < -0.39 is 6.10 Å². The fourth-order valence-corrected chi connectivity index (χ4v) is 5.19. The van der Waals surface area contributed by atoms with E-state index in [0.29, 0.717) is 34.8 Å². The van der Waals surface area contributed by atoms with Crippen molar-refractivity contribution in [1.29, 1.82) is 0 Å². The van der Waals surface area contributed by atoms with Crippen molar-refractivity contribution in [2.75, 3.05) is 61.7 Å². The molecule has 37 heavy (non-hydrogen) atoms. The summed E-state index contributed by atoms with van der Waals surface area (Å²) in [5.41, 5.74) is 2.75. The molecule has 0 aliphatic carbocycles. The number of methoxy groups -OCH3 is 2. The molecule has 2 amide bonds. The molecule has 2 aromatic carbocycles. The van der Waals surface area contributed by atoms with Crippen molar-refractivity contribution in [3.8, 4) is 5.75 Å². The van der Waals surface area contributed by atoms with E-state index in [1.807, 2.05) is 34.9 Å². The molecule has 0 saturated carbocycles. The van der Waals surface area contributed by atoms with Crippen LogP contribution in [0, 0.1) is 12.7 Å². The van der Waals surface area contributed by atoms with E-state index in [2.05, 4.69) is 10.3 Å². The van der Waals surface area contributed by atoms with Gasteiger partial charge < -0.3 is 24.6 Å². The molecule has 1 N–H and O–H groups in total. The molecule has 0 radical (unpaired) electrons. The monoisotopic (exact) mass is 526 g/mol. The van der Waals surface area contributed by atoms with E-state index in [1.54, 1.807) is 32.2 Å². The zero-order chi connectivity index (χ0) is 26.4. The fraction of sp³-hybridized carbons (Fsp3) is 0.370. The molecule has 196 valence electrons. The first kappa shape index (κ1) is 26.7. The molecule has 1 saturated heterocycles. The van der Waals surface area contributed by atoms with Crippen LogP contribution < -0.4 is 19.9 Å². The maximum Gasteiger partial charge on any atom is 0.253 e. The molecular formula is C27H31FN4O4S. The summed E-state index contributed by atoms with van der Waals surface area (Å²) in [6.45, 7) is 3.67. The summed E-state index contributed by atoms with van der Waals surface area (Å²) in [4.78, 5) is 32.7. The number of rotatable bonds is 10. The summed E-state index contributed by atoms with van der Waals surface area (Å²) in [6.07, 6.45) is 0.139. The van der Waals surface area contributed by atoms with Crippen molar-refractivity contribution in [3.05, 3.63) is 59.5 Å². The third kappa shape index (κ3) is 6.31. The van der Waals surface area contributed by atoms with Gasteiger partial charge in [-0.1, -0.05) is 0 Å². The van der Waals surface area contributed by atoms with Gasteiger partial charge in [0.1, 0.15) is 11.6 Å². The Morgan fingerprint density at radius 1 is 1.22 bits per heavy atom. The average molecular weight is 527 g/mol.